The van der Waals surface area contributed by atoms with E-state index < -0.39 is 6.04 Å². The van der Waals surface area contributed by atoms with Crippen LogP contribution in [-0.4, -0.2) is 60.9 Å². The van der Waals surface area contributed by atoms with Crippen molar-refractivity contribution in [2.75, 3.05) is 33.3 Å². The summed E-state index contributed by atoms with van der Waals surface area (Å²) in [7, 11) is 1.66. The molecule has 1 aromatic heterocycles. The molecule has 30 heavy (non-hydrogen) atoms. The SMILES string of the molecule is COc1ccc(CN2CCCN(C(=O)C(NC(=O)c3ccco3)C(C)C)CC2)cc1. The van der Waals surface area contributed by atoms with Crippen molar-refractivity contribution in [2.24, 2.45) is 5.92 Å². The van der Waals surface area contributed by atoms with E-state index in [9.17, 15) is 9.59 Å². The van der Waals surface area contributed by atoms with E-state index in [1.54, 1.807) is 19.2 Å². The fourth-order valence-electron chi connectivity index (χ4n) is 3.67. The van der Waals surface area contributed by atoms with E-state index in [1.807, 2.05) is 30.9 Å². The summed E-state index contributed by atoms with van der Waals surface area (Å²) < 4.78 is 10.4. The minimum atomic E-state index is -0.573. The van der Waals surface area contributed by atoms with Crippen molar-refractivity contribution in [1.82, 2.24) is 15.1 Å². The quantitative estimate of drug-likeness (QED) is 0.756. The van der Waals surface area contributed by atoms with Gasteiger partial charge < -0.3 is 19.4 Å². The summed E-state index contributed by atoms with van der Waals surface area (Å²) in [4.78, 5) is 29.8. The van der Waals surface area contributed by atoms with Crippen molar-refractivity contribution in [3.05, 3.63) is 54.0 Å². The lowest BCUT2D eigenvalue weighted by atomic mass is 10.0. The number of carbonyl (C=O) groups is 2. The Labute approximate surface area is 178 Å². The average molecular weight is 414 g/mol. The molecule has 0 aliphatic carbocycles. The number of ether oxygens (including phenoxy) is 1. The smallest absolute Gasteiger partial charge is 0.287 e. The summed E-state index contributed by atoms with van der Waals surface area (Å²) in [6.07, 6.45) is 2.35. The highest BCUT2D eigenvalue weighted by atomic mass is 16.5. The highest BCUT2D eigenvalue weighted by Crippen LogP contribution is 2.16. The molecule has 162 valence electrons. The van der Waals surface area contributed by atoms with Crippen LogP contribution in [0.5, 0.6) is 5.75 Å². The van der Waals surface area contributed by atoms with E-state index in [4.69, 9.17) is 9.15 Å². The van der Waals surface area contributed by atoms with Gasteiger partial charge in [-0.25, -0.2) is 0 Å². The van der Waals surface area contributed by atoms with Crippen molar-refractivity contribution in [3.8, 4) is 5.75 Å². The molecule has 1 unspecified atom stereocenters. The third kappa shape index (κ3) is 5.63. The van der Waals surface area contributed by atoms with Gasteiger partial charge in [0.2, 0.25) is 5.91 Å². The average Bonchev–Trinajstić information content (AvgIpc) is 3.19. The van der Waals surface area contributed by atoms with Crippen LogP contribution in [0.25, 0.3) is 0 Å². The molecule has 1 aromatic carbocycles. The van der Waals surface area contributed by atoms with E-state index in [0.29, 0.717) is 13.1 Å². The van der Waals surface area contributed by atoms with Crippen LogP contribution >= 0.6 is 0 Å². The van der Waals surface area contributed by atoms with Gasteiger partial charge in [-0.2, -0.15) is 0 Å². The molecule has 1 fully saturated rings. The Balaban J connectivity index is 1.58. The molecule has 0 bridgehead atoms. The Kier molecular flexibility index (Phi) is 7.52. The van der Waals surface area contributed by atoms with Crippen LogP contribution < -0.4 is 10.1 Å². The molecule has 1 N–H and O–H groups in total. The number of hydrogen-bond acceptors (Lipinski definition) is 5. The molecule has 2 heterocycles. The van der Waals surface area contributed by atoms with Crippen molar-refractivity contribution in [1.29, 1.82) is 0 Å². The van der Waals surface area contributed by atoms with E-state index in [-0.39, 0.29) is 23.5 Å². The predicted octanol–water partition coefficient (Wildman–Crippen LogP) is 2.78. The Hall–Kier alpha value is -2.80. The summed E-state index contributed by atoms with van der Waals surface area (Å²) >= 11 is 0. The number of carbonyl (C=O) groups excluding carboxylic acids is 2. The van der Waals surface area contributed by atoms with Gasteiger partial charge in [0.15, 0.2) is 5.76 Å². The van der Waals surface area contributed by atoms with Crippen molar-refractivity contribution in [2.45, 2.75) is 32.9 Å². The third-order valence-electron chi connectivity index (χ3n) is 5.43. The van der Waals surface area contributed by atoms with Gasteiger partial charge in [0.1, 0.15) is 11.8 Å². The van der Waals surface area contributed by atoms with Gasteiger partial charge in [0, 0.05) is 32.7 Å². The fraction of sp³-hybridized carbons (Fsp3) is 0.478. The Bertz CT molecular complexity index is 817. The first-order chi connectivity index (χ1) is 14.5. The highest BCUT2D eigenvalue weighted by Gasteiger charge is 2.30. The van der Waals surface area contributed by atoms with Gasteiger partial charge >= 0.3 is 0 Å². The van der Waals surface area contributed by atoms with Crippen LogP contribution in [0.3, 0.4) is 0 Å². The van der Waals surface area contributed by atoms with Crippen LogP contribution in [0.2, 0.25) is 0 Å². The number of nitrogens with one attached hydrogen (secondary N) is 1. The molecule has 1 aliphatic heterocycles. The summed E-state index contributed by atoms with van der Waals surface area (Å²) in [6, 6.07) is 10.8. The molecule has 2 aromatic rings. The first-order valence-electron chi connectivity index (χ1n) is 10.5. The van der Waals surface area contributed by atoms with Gasteiger partial charge in [-0.05, 0) is 42.2 Å². The van der Waals surface area contributed by atoms with Gasteiger partial charge in [-0.15, -0.1) is 0 Å². The van der Waals surface area contributed by atoms with Crippen molar-refractivity contribution >= 4 is 11.8 Å². The van der Waals surface area contributed by atoms with Gasteiger partial charge in [0.05, 0.1) is 13.4 Å². The lowest BCUT2D eigenvalue weighted by Gasteiger charge is -2.29. The molecular weight excluding hydrogens is 382 g/mol. The van der Waals surface area contributed by atoms with Crippen molar-refractivity contribution in [3.63, 3.8) is 0 Å². The van der Waals surface area contributed by atoms with Crippen LogP contribution in [0.1, 0.15) is 36.4 Å². The zero-order valence-electron chi connectivity index (χ0n) is 18.0. The molecular formula is C23H31N3O4. The maximum atomic E-state index is 13.2. The first-order valence-corrected chi connectivity index (χ1v) is 10.5. The van der Waals surface area contributed by atoms with Crippen LogP contribution in [-0.2, 0) is 11.3 Å². The lowest BCUT2D eigenvalue weighted by molar-refractivity contribution is -0.134. The highest BCUT2D eigenvalue weighted by molar-refractivity contribution is 5.95. The Morgan fingerprint density at radius 2 is 1.87 bits per heavy atom. The number of furan rings is 1. The summed E-state index contributed by atoms with van der Waals surface area (Å²) in [5.74, 6) is 0.659. The molecule has 7 heteroatoms. The zero-order chi connectivity index (χ0) is 21.5. The van der Waals surface area contributed by atoms with E-state index >= 15 is 0 Å². The molecule has 0 spiro atoms. The molecule has 1 aliphatic rings. The van der Waals surface area contributed by atoms with E-state index in [1.165, 1.54) is 11.8 Å². The Morgan fingerprint density at radius 1 is 1.10 bits per heavy atom. The number of benzene rings is 1. The largest absolute Gasteiger partial charge is 0.497 e. The summed E-state index contributed by atoms with van der Waals surface area (Å²) in [5, 5.41) is 2.85. The first kappa shape index (κ1) is 21.9. The maximum Gasteiger partial charge on any atom is 0.287 e. The zero-order valence-corrected chi connectivity index (χ0v) is 18.0. The van der Waals surface area contributed by atoms with Crippen LogP contribution in [0.15, 0.2) is 47.1 Å². The normalized spacial score (nSPS) is 16.2. The van der Waals surface area contributed by atoms with Gasteiger partial charge in [-0.1, -0.05) is 26.0 Å². The number of methoxy groups -OCH3 is 1. The maximum absolute atomic E-state index is 13.2. The predicted molar refractivity (Wildman–Crippen MR) is 114 cm³/mol. The monoisotopic (exact) mass is 413 g/mol. The number of hydrogen-bond donors (Lipinski definition) is 1. The van der Waals surface area contributed by atoms with Crippen molar-refractivity contribution < 1.29 is 18.7 Å². The van der Waals surface area contributed by atoms with Gasteiger partial charge in [-0.3, -0.25) is 14.5 Å². The number of nitrogens with zero attached hydrogens (tertiary/aromatic N) is 2. The molecule has 7 nitrogen and oxygen atoms in total. The van der Waals surface area contributed by atoms with E-state index in [2.05, 4.69) is 22.3 Å². The lowest BCUT2D eigenvalue weighted by Crippen LogP contribution is -2.52. The number of amides is 2. The summed E-state index contributed by atoms with van der Waals surface area (Å²) in [5.41, 5.74) is 1.22. The molecule has 3 rings (SSSR count). The molecule has 1 atom stereocenters. The molecule has 2 amide bonds. The third-order valence-corrected chi connectivity index (χ3v) is 5.43. The van der Waals surface area contributed by atoms with Crippen LogP contribution in [0, 0.1) is 5.92 Å². The molecule has 0 radical (unpaired) electrons. The molecule has 0 saturated carbocycles. The number of rotatable bonds is 7. The second-order valence-corrected chi connectivity index (χ2v) is 7.98. The van der Waals surface area contributed by atoms with Gasteiger partial charge in [0.25, 0.3) is 5.91 Å². The minimum Gasteiger partial charge on any atom is -0.497 e. The fourth-order valence-corrected chi connectivity index (χ4v) is 3.67. The summed E-state index contributed by atoms with van der Waals surface area (Å²) in [6.45, 7) is 7.80. The minimum absolute atomic E-state index is 0.0185. The Morgan fingerprint density at radius 3 is 2.50 bits per heavy atom. The standard InChI is InChI=1S/C23H31N3O4/c1-17(2)21(24-22(27)20-6-4-15-30-20)23(28)26-12-5-11-25(13-14-26)16-18-7-9-19(29-3)10-8-18/h4,6-10,15,17,21H,5,11-14,16H2,1-3H3,(H,24,27). The van der Waals surface area contributed by atoms with E-state index in [0.717, 1.165) is 31.8 Å². The molecule has 1 saturated heterocycles. The second-order valence-electron chi connectivity index (χ2n) is 7.98. The topological polar surface area (TPSA) is 75.0 Å². The van der Waals surface area contributed by atoms with Crippen LogP contribution in [0.4, 0.5) is 0 Å². The second kappa shape index (κ2) is 10.3.